The van der Waals surface area contributed by atoms with Crippen molar-refractivity contribution in [2.75, 3.05) is 26.0 Å². The average Bonchev–Trinajstić information content (AvgIpc) is 3.17. The number of rotatable bonds is 7. The average molecular weight is 428 g/mol. The second kappa shape index (κ2) is 8.91. The van der Waals surface area contributed by atoms with Gasteiger partial charge >= 0.3 is 0 Å². The van der Waals surface area contributed by atoms with Crippen LogP contribution in [0.3, 0.4) is 0 Å². The van der Waals surface area contributed by atoms with Crippen molar-refractivity contribution in [3.05, 3.63) is 40.7 Å². The lowest BCUT2D eigenvalue weighted by Crippen LogP contribution is -2.26. The number of aryl methyl sites for hydroxylation is 2. The number of amides is 1. The normalized spacial score (nSPS) is 12.9. The highest BCUT2D eigenvalue weighted by Gasteiger charge is 2.15. The van der Waals surface area contributed by atoms with Crippen molar-refractivity contribution in [3.63, 3.8) is 0 Å². The molecule has 0 aliphatic carbocycles. The number of fused-ring (bicyclic) bond motifs is 2. The number of ether oxygens (including phenoxy) is 2. The smallest absolute Gasteiger partial charge is 0.253 e. The van der Waals surface area contributed by atoms with E-state index in [1.54, 1.807) is 4.52 Å². The van der Waals surface area contributed by atoms with Crippen LogP contribution in [-0.2, 0) is 17.6 Å². The van der Waals surface area contributed by atoms with Crippen LogP contribution in [0.2, 0.25) is 0 Å². The summed E-state index contributed by atoms with van der Waals surface area (Å²) in [7, 11) is 0. The maximum Gasteiger partial charge on any atom is 0.253 e. The molecule has 2 aromatic heterocycles. The number of aromatic nitrogens is 4. The molecule has 4 rings (SSSR count). The van der Waals surface area contributed by atoms with Crippen LogP contribution in [-0.4, -0.2) is 51.5 Å². The Kier molecular flexibility index (Phi) is 6.08. The van der Waals surface area contributed by atoms with Gasteiger partial charge in [-0.25, -0.2) is 9.50 Å². The number of hydrogen-bond donors (Lipinski definition) is 1. The van der Waals surface area contributed by atoms with E-state index >= 15 is 0 Å². The van der Waals surface area contributed by atoms with Gasteiger partial charge in [-0.15, -0.1) is 5.10 Å². The van der Waals surface area contributed by atoms with Crippen LogP contribution in [0.4, 0.5) is 0 Å². The van der Waals surface area contributed by atoms with Gasteiger partial charge in [-0.1, -0.05) is 17.8 Å². The molecule has 3 heterocycles. The van der Waals surface area contributed by atoms with Crippen LogP contribution < -0.4 is 14.8 Å². The molecular weight excluding hydrogens is 402 g/mol. The molecule has 0 fully saturated rings. The Morgan fingerprint density at radius 2 is 1.97 bits per heavy atom. The molecule has 158 valence electrons. The maximum absolute atomic E-state index is 12.4. The summed E-state index contributed by atoms with van der Waals surface area (Å²) >= 11 is 1.49. The van der Waals surface area contributed by atoms with E-state index in [9.17, 15) is 4.79 Å². The first-order valence-corrected chi connectivity index (χ1v) is 11.2. The molecule has 1 aliphatic rings. The summed E-state index contributed by atoms with van der Waals surface area (Å²) < 4.78 is 12.9. The Balaban J connectivity index is 1.32. The lowest BCUT2D eigenvalue weighted by Gasteiger charge is -2.18. The van der Waals surface area contributed by atoms with Gasteiger partial charge in [-0.2, -0.15) is 4.98 Å². The fourth-order valence-corrected chi connectivity index (χ4v) is 3.89. The molecule has 0 saturated heterocycles. The third-order valence-electron chi connectivity index (χ3n) is 5.16. The number of nitrogens with zero attached hydrogens (tertiary/aromatic N) is 4. The van der Waals surface area contributed by atoms with Crippen LogP contribution in [0.5, 0.6) is 11.5 Å². The SMILES string of the molecule is CSc1nc2nc(C)c(CCC(=O)NCCc3ccc4c(c3)OCCO4)c(C)n2n1. The zero-order valence-electron chi connectivity index (χ0n) is 17.4. The largest absolute Gasteiger partial charge is 0.486 e. The zero-order valence-corrected chi connectivity index (χ0v) is 18.2. The second-order valence-electron chi connectivity index (χ2n) is 7.15. The molecule has 1 amide bonds. The summed E-state index contributed by atoms with van der Waals surface area (Å²) in [6.45, 7) is 5.68. The molecule has 1 aliphatic heterocycles. The van der Waals surface area contributed by atoms with E-state index in [4.69, 9.17) is 9.47 Å². The number of carbonyl (C=O) groups is 1. The van der Waals surface area contributed by atoms with Crippen LogP contribution in [0.1, 0.15) is 28.9 Å². The molecular formula is C21H25N5O3S. The van der Waals surface area contributed by atoms with Crippen molar-refractivity contribution in [2.45, 2.75) is 38.3 Å². The first-order valence-electron chi connectivity index (χ1n) is 9.97. The van der Waals surface area contributed by atoms with E-state index in [0.29, 0.717) is 43.5 Å². The number of hydrogen-bond acceptors (Lipinski definition) is 7. The predicted octanol–water partition coefficient (Wildman–Crippen LogP) is 2.53. The first-order chi connectivity index (χ1) is 14.5. The topological polar surface area (TPSA) is 90.6 Å². The van der Waals surface area contributed by atoms with Crippen molar-refractivity contribution < 1.29 is 14.3 Å². The van der Waals surface area contributed by atoms with Crippen molar-refractivity contribution >= 4 is 23.4 Å². The molecule has 0 radical (unpaired) electrons. The molecule has 0 saturated carbocycles. The van der Waals surface area contributed by atoms with Gasteiger partial charge in [-0.3, -0.25) is 4.79 Å². The minimum absolute atomic E-state index is 0.0230. The molecule has 1 N–H and O–H groups in total. The van der Waals surface area contributed by atoms with Crippen LogP contribution in [0.15, 0.2) is 23.4 Å². The van der Waals surface area contributed by atoms with Gasteiger partial charge in [0, 0.05) is 24.4 Å². The third kappa shape index (κ3) is 4.35. The van der Waals surface area contributed by atoms with Gasteiger partial charge in [0.25, 0.3) is 5.78 Å². The zero-order chi connectivity index (χ0) is 21.1. The fourth-order valence-electron chi connectivity index (χ4n) is 3.55. The van der Waals surface area contributed by atoms with E-state index in [-0.39, 0.29) is 5.91 Å². The first kappa shape index (κ1) is 20.5. The molecule has 0 atom stereocenters. The van der Waals surface area contributed by atoms with E-state index < -0.39 is 0 Å². The fraction of sp³-hybridized carbons (Fsp3) is 0.429. The number of carbonyl (C=O) groups excluding carboxylic acids is 1. The molecule has 0 unspecified atom stereocenters. The minimum atomic E-state index is 0.0230. The van der Waals surface area contributed by atoms with E-state index in [1.165, 1.54) is 11.8 Å². The summed E-state index contributed by atoms with van der Waals surface area (Å²) in [4.78, 5) is 21.3. The molecule has 30 heavy (non-hydrogen) atoms. The highest BCUT2D eigenvalue weighted by molar-refractivity contribution is 7.98. The Morgan fingerprint density at radius 3 is 2.77 bits per heavy atom. The van der Waals surface area contributed by atoms with Gasteiger partial charge in [0.1, 0.15) is 13.2 Å². The Hall–Kier alpha value is -2.81. The van der Waals surface area contributed by atoms with E-state index in [0.717, 1.165) is 40.4 Å². The quantitative estimate of drug-likeness (QED) is 0.580. The van der Waals surface area contributed by atoms with Gasteiger partial charge in [0.05, 0.1) is 0 Å². The summed E-state index contributed by atoms with van der Waals surface area (Å²) in [6, 6.07) is 5.91. The Labute approximate surface area is 179 Å². The molecule has 0 bridgehead atoms. The summed E-state index contributed by atoms with van der Waals surface area (Å²) in [5, 5.41) is 8.15. The Morgan fingerprint density at radius 1 is 1.17 bits per heavy atom. The molecule has 1 aromatic carbocycles. The predicted molar refractivity (Wildman–Crippen MR) is 115 cm³/mol. The minimum Gasteiger partial charge on any atom is -0.486 e. The number of nitrogens with one attached hydrogen (secondary N) is 1. The summed E-state index contributed by atoms with van der Waals surface area (Å²) in [5.41, 5.74) is 4.03. The van der Waals surface area contributed by atoms with Gasteiger partial charge in [0.2, 0.25) is 11.1 Å². The van der Waals surface area contributed by atoms with Crippen LogP contribution in [0, 0.1) is 13.8 Å². The van der Waals surface area contributed by atoms with Gasteiger partial charge in [0.15, 0.2) is 11.5 Å². The van der Waals surface area contributed by atoms with Crippen LogP contribution >= 0.6 is 11.8 Å². The van der Waals surface area contributed by atoms with Crippen LogP contribution in [0.25, 0.3) is 5.78 Å². The highest BCUT2D eigenvalue weighted by Crippen LogP contribution is 2.30. The second-order valence-corrected chi connectivity index (χ2v) is 7.92. The van der Waals surface area contributed by atoms with E-state index in [1.807, 2.05) is 38.3 Å². The maximum atomic E-state index is 12.4. The molecule has 3 aromatic rings. The molecule has 9 heteroatoms. The Bertz CT molecular complexity index is 1080. The summed E-state index contributed by atoms with van der Waals surface area (Å²) in [6.07, 6.45) is 3.70. The lowest BCUT2D eigenvalue weighted by molar-refractivity contribution is -0.121. The summed E-state index contributed by atoms with van der Waals surface area (Å²) in [5.74, 6) is 2.18. The van der Waals surface area contributed by atoms with Crippen molar-refractivity contribution in [3.8, 4) is 11.5 Å². The number of thioether (sulfide) groups is 1. The molecule has 8 nitrogen and oxygen atoms in total. The lowest BCUT2D eigenvalue weighted by atomic mass is 10.1. The van der Waals surface area contributed by atoms with Gasteiger partial charge in [-0.05, 0) is 56.2 Å². The molecule has 0 spiro atoms. The number of benzene rings is 1. The van der Waals surface area contributed by atoms with Gasteiger partial charge < -0.3 is 14.8 Å². The van der Waals surface area contributed by atoms with Crippen molar-refractivity contribution in [1.82, 2.24) is 24.9 Å². The van der Waals surface area contributed by atoms with E-state index in [2.05, 4.69) is 20.4 Å². The third-order valence-corrected chi connectivity index (χ3v) is 5.69. The van der Waals surface area contributed by atoms with Crippen molar-refractivity contribution in [2.24, 2.45) is 0 Å². The van der Waals surface area contributed by atoms with Crippen molar-refractivity contribution in [1.29, 1.82) is 0 Å². The standard InChI is InChI=1S/C21H25N5O3S/c1-13-16(14(2)26-20(23-13)24-21(25-26)30-3)5-7-19(27)22-9-8-15-4-6-17-18(12-15)29-11-10-28-17/h4,6,12H,5,7-11H2,1-3H3,(H,22,27). The monoisotopic (exact) mass is 427 g/mol. The highest BCUT2D eigenvalue weighted by atomic mass is 32.2.